The molecular weight excluding hydrogens is 238 g/mol. The summed E-state index contributed by atoms with van der Waals surface area (Å²) in [5, 5.41) is 14.0. The minimum Gasteiger partial charge on any atom is -0.478 e. The van der Waals surface area contributed by atoms with Gasteiger partial charge in [0.15, 0.2) is 0 Å². The van der Waals surface area contributed by atoms with Gasteiger partial charge >= 0.3 is 5.97 Å². The molecule has 3 rings (SSSR count). The van der Waals surface area contributed by atoms with E-state index < -0.39 is 5.97 Å². The normalized spacial score (nSPS) is 15.8. The first-order chi connectivity index (χ1) is 8.25. The van der Waals surface area contributed by atoms with E-state index in [0.29, 0.717) is 11.6 Å². The van der Waals surface area contributed by atoms with Crippen molar-refractivity contribution in [3.05, 3.63) is 17.3 Å². The third-order valence-electron chi connectivity index (χ3n) is 3.03. The largest absolute Gasteiger partial charge is 0.478 e. The van der Waals surface area contributed by atoms with Gasteiger partial charge in [-0.25, -0.2) is 14.8 Å². The number of hydrogen-bond donors (Lipinski definition) is 2. The summed E-state index contributed by atoms with van der Waals surface area (Å²) in [5.74, 6) is -0.179. The van der Waals surface area contributed by atoms with Gasteiger partial charge in [-0.05, 0) is 19.3 Å². The van der Waals surface area contributed by atoms with Crippen LogP contribution in [0.5, 0.6) is 0 Å². The second-order valence-corrected chi connectivity index (χ2v) is 5.01. The average Bonchev–Trinajstić information content (AvgIpc) is 2.67. The Bertz CT molecular complexity index is 577. The zero-order valence-electron chi connectivity index (χ0n) is 9.01. The third kappa shape index (κ3) is 1.74. The SMILES string of the molecule is O=C(O)c1csc2c(NC3CCC3)ncnc12. The van der Waals surface area contributed by atoms with Crippen LogP contribution in [0, 0.1) is 0 Å². The van der Waals surface area contributed by atoms with Gasteiger partial charge in [-0.2, -0.15) is 0 Å². The van der Waals surface area contributed by atoms with Crippen molar-refractivity contribution in [3.8, 4) is 0 Å². The number of rotatable bonds is 3. The van der Waals surface area contributed by atoms with E-state index in [-0.39, 0.29) is 5.56 Å². The molecule has 0 bridgehead atoms. The van der Waals surface area contributed by atoms with E-state index in [9.17, 15) is 4.79 Å². The summed E-state index contributed by atoms with van der Waals surface area (Å²) < 4.78 is 0.830. The van der Waals surface area contributed by atoms with Crippen LogP contribution < -0.4 is 5.32 Å². The van der Waals surface area contributed by atoms with Crippen LogP contribution in [0.4, 0.5) is 5.82 Å². The first-order valence-electron chi connectivity index (χ1n) is 5.48. The number of fused-ring (bicyclic) bond motifs is 1. The number of hydrogen-bond acceptors (Lipinski definition) is 5. The Labute approximate surface area is 102 Å². The molecule has 1 saturated carbocycles. The fraction of sp³-hybridized carbons (Fsp3) is 0.364. The summed E-state index contributed by atoms with van der Waals surface area (Å²) in [5.41, 5.74) is 0.781. The van der Waals surface area contributed by atoms with Gasteiger partial charge in [-0.1, -0.05) is 0 Å². The van der Waals surface area contributed by atoms with Gasteiger partial charge in [-0.15, -0.1) is 11.3 Å². The molecule has 0 unspecified atom stereocenters. The van der Waals surface area contributed by atoms with Gasteiger partial charge in [0.05, 0.1) is 10.3 Å². The average molecular weight is 249 g/mol. The van der Waals surface area contributed by atoms with Gasteiger partial charge in [-0.3, -0.25) is 0 Å². The monoisotopic (exact) mass is 249 g/mol. The Hall–Kier alpha value is -1.69. The molecule has 6 heteroatoms. The Morgan fingerprint density at radius 2 is 2.29 bits per heavy atom. The van der Waals surface area contributed by atoms with E-state index in [1.54, 1.807) is 5.38 Å². The van der Waals surface area contributed by atoms with Gasteiger partial charge in [0.2, 0.25) is 0 Å². The minimum absolute atomic E-state index is 0.254. The molecule has 0 aromatic carbocycles. The van der Waals surface area contributed by atoms with Crippen LogP contribution in [0.3, 0.4) is 0 Å². The van der Waals surface area contributed by atoms with Crippen LogP contribution in [0.1, 0.15) is 29.6 Å². The highest BCUT2D eigenvalue weighted by Gasteiger charge is 2.20. The van der Waals surface area contributed by atoms with Crippen LogP contribution in [-0.2, 0) is 0 Å². The number of aromatic carboxylic acids is 1. The Kier molecular flexibility index (Phi) is 2.44. The first kappa shape index (κ1) is 10.5. The van der Waals surface area contributed by atoms with Crippen LogP contribution in [0.15, 0.2) is 11.7 Å². The molecule has 2 aromatic heterocycles. The van der Waals surface area contributed by atoms with Gasteiger partial charge in [0, 0.05) is 11.4 Å². The standard InChI is InChI=1S/C11H11N3O2S/c15-11(16)7-4-17-9-8(7)12-5-13-10(9)14-6-2-1-3-6/h4-6H,1-3H2,(H,15,16)(H,12,13,14). The molecule has 0 aliphatic heterocycles. The van der Waals surface area contributed by atoms with Crippen molar-refractivity contribution < 1.29 is 9.90 Å². The molecule has 88 valence electrons. The van der Waals surface area contributed by atoms with E-state index in [0.717, 1.165) is 23.4 Å². The third-order valence-corrected chi connectivity index (χ3v) is 4.01. The lowest BCUT2D eigenvalue weighted by Crippen LogP contribution is -2.27. The first-order valence-corrected chi connectivity index (χ1v) is 6.35. The topological polar surface area (TPSA) is 75.1 Å². The molecule has 0 atom stereocenters. The molecule has 2 aromatic rings. The highest BCUT2D eigenvalue weighted by atomic mass is 32.1. The van der Waals surface area contributed by atoms with Gasteiger partial charge < -0.3 is 10.4 Å². The maximum absolute atomic E-state index is 11.0. The summed E-state index contributed by atoms with van der Waals surface area (Å²) in [6.45, 7) is 0. The number of carboxylic acid groups (broad SMARTS) is 1. The lowest BCUT2D eigenvalue weighted by Gasteiger charge is -2.26. The molecule has 0 radical (unpaired) electrons. The van der Waals surface area contributed by atoms with E-state index in [4.69, 9.17) is 5.11 Å². The van der Waals surface area contributed by atoms with Crippen LogP contribution in [0.25, 0.3) is 10.2 Å². The fourth-order valence-electron chi connectivity index (χ4n) is 1.85. The van der Waals surface area contributed by atoms with Crippen molar-refractivity contribution in [2.24, 2.45) is 0 Å². The number of aromatic nitrogens is 2. The molecule has 1 aliphatic rings. The maximum atomic E-state index is 11.0. The van der Waals surface area contributed by atoms with Crippen LogP contribution in [-0.4, -0.2) is 27.1 Å². The lowest BCUT2D eigenvalue weighted by atomic mass is 9.93. The number of anilines is 1. The predicted octanol–water partition coefficient (Wildman–Crippen LogP) is 2.35. The molecule has 2 N–H and O–H groups in total. The van der Waals surface area contributed by atoms with E-state index in [1.165, 1.54) is 24.1 Å². The van der Waals surface area contributed by atoms with E-state index in [1.807, 2.05) is 0 Å². The Morgan fingerprint density at radius 1 is 1.47 bits per heavy atom. The summed E-state index contributed by atoms with van der Waals surface area (Å²) in [7, 11) is 0. The highest BCUT2D eigenvalue weighted by molar-refractivity contribution is 7.18. The molecule has 1 fully saturated rings. The van der Waals surface area contributed by atoms with Crippen molar-refractivity contribution in [2.75, 3.05) is 5.32 Å². The summed E-state index contributed by atoms with van der Waals surface area (Å²) in [6, 6.07) is 0.475. The molecule has 2 heterocycles. The van der Waals surface area contributed by atoms with Crippen molar-refractivity contribution in [2.45, 2.75) is 25.3 Å². The molecular formula is C11H11N3O2S. The molecule has 0 amide bonds. The number of thiophene rings is 1. The second-order valence-electron chi connectivity index (χ2n) is 4.13. The number of carbonyl (C=O) groups is 1. The summed E-state index contributed by atoms with van der Waals surface area (Å²) in [6.07, 6.45) is 4.98. The number of carboxylic acids is 1. The quantitative estimate of drug-likeness (QED) is 0.873. The zero-order valence-corrected chi connectivity index (χ0v) is 9.83. The van der Waals surface area contributed by atoms with E-state index >= 15 is 0 Å². The summed E-state index contributed by atoms with van der Waals surface area (Å²) in [4.78, 5) is 19.3. The minimum atomic E-state index is -0.940. The fourth-order valence-corrected chi connectivity index (χ4v) is 2.80. The Balaban J connectivity index is 2.03. The Morgan fingerprint density at radius 3 is 2.94 bits per heavy atom. The van der Waals surface area contributed by atoms with Gasteiger partial charge in [0.25, 0.3) is 0 Å². The van der Waals surface area contributed by atoms with Crippen molar-refractivity contribution in [3.63, 3.8) is 0 Å². The molecule has 0 saturated heterocycles. The number of nitrogens with one attached hydrogen (secondary N) is 1. The molecule has 1 aliphatic carbocycles. The number of nitrogens with zero attached hydrogens (tertiary/aromatic N) is 2. The molecule has 0 spiro atoms. The van der Waals surface area contributed by atoms with E-state index in [2.05, 4.69) is 15.3 Å². The van der Waals surface area contributed by atoms with Crippen molar-refractivity contribution >= 4 is 33.3 Å². The zero-order chi connectivity index (χ0) is 11.8. The van der Waals surface area contributed by atoms with Crippen LogP contribution >= 0.6 is 11.3 Å². The van der Waals surface area contributed by atoms with Gasteiger partial charge in [0.1, 0.15) is 17.7 Å². The van der Waals surface area contributed by atoms with Crippen LogP contribution in [0.2, 0.25) is 0 Å². The highest BCUT2D eigenvalue weighted by Crippen LogP contribution is 2.31. The second kappa shape index (κ2) is 3.96. The maximum Gasteiger partial charge on any atom is 0.338 e. The molecule has 17 heavy (non-hydrogen) atoms. The van der Waals surface area contributed by atoms with Crippen molar-refractivity contribution in [1.29, 1.82) is 0 Å². The van der Waals surface area contributed by atoms with Crippen molar-refractivity contribution in [1.82, 2.24) is 9.97 Å². The lowest BCUT2D eigenvalue weighted by molar-refractivity contribution is 0.0699. The summed E-state index contributed by atoms with van der Waals surface area (Å²) >= 11 is 1.38. The smallest absolute Gasteiger partial charge is 0.338 e. The predicted molar refractivity (Wildman–Crippen MR) is 65.6 cm³/mol. The molecule has 5 nitrogen and oxygen atoms in total.